The molecule has 0 spiro atoms. The van der Waals surface area contributed by atoms with Crippen molar-refractivity contribution in [2.24, 2.45) is 0 Å². The molecule has 4 heteroatoms. The predicted molar refractivity (Wildman–Crippen MR) is 85.3 cm³/mol. The van der Waals surface area contributed by atoms with Crippen molar-refractivity contribution in [1.29, 1.82) is 0 Å². The number of hydrogen-bond acceptors (Lipinski definition) is 3. The van der Waals surface area contributed by atoms with E-state index in [2.05, 4.69) is 35.8 Å². The van der Waals surface area contributed by atoms with Gasteiger partial charge in [0.2, 0.25) is 0 Å². The minimum absolute atomic E-state index is 0.0450. The molecule has 1 aromatic heterocycles. The molecular formula is C17H16FNOS. The Morgan fingerprint density at radius 3 is 2.52 bits per heavy atom. The molecule has 0 radical (unpaired) electrons. The minimum atomic E-state index is -0.250. The van der Waals surface area contributed by atoms with E-state index in [1.807, 2.05) is 13.1 Å². The van der Waals surface area contributed by atoms with Gasteiger partial charge in [-0.3, -0.25) is 0 Å². The molecule has 1 N–H and O–H groups in total. The highest BCUT2D eigenvalue weighted by atomic mass is 32.2. The van der Waals surface area contributed by atoms with Crippen LogP contribution in [-0.4, -0.2) is 13.3 Å². The zero-order chi connectivity index (χ0) is 14.8. The Balaban J connectivity index is 2.00. The number of nitrogens with one attached hydrogen (secondary N) is 1. The maximum atomic E-state index is 13.3. The van der Waals surface area contributed by atoms with Crippen molar-refractivity contribution in [3.05, 3.63) is 65.7 Å². The molecule has 3 rings (SSSR count). The monoisotopic (exact) mass is 301 g/mol. The Hall–Kier alpha value is -1.78. The van der Waals surface area contributed by atoms with Crippen LogP contribution in [0.1, 0.15) is 17.4 Å². The van der Waals surface area contributed by atoms with Gasteiger partial charge in [0.15, 0.2) is 0 Å². The zero-order valence-electron chi connectivity index (χ0n) is 11.9. The first-order valence-corrected chi connectivity index (χ1v) is 7.94. The number of hydrogen-bond donors (Lipinski definition) is 1. The normalized spacial score (nSPS) is 12.7. The van der Waals surface area contributed by atoms with Crippen LogP contribution in [0.15, 0.2) is 57.8 Å². The van der Waals surface area contributed by atoms with Gasteiger partial charge in [-0.25, -0.2) is 4.39 Å². The number of rotatable bonds is 4. The lowest BCUT2D eigenvalue weighted by Gasteiger charge is -2.14. The second kappa shape index (κ2) is 5.92. The highest BCUT2D eigenvalue weighted by Gasteiger charge is 2.17. The van der Waals surface area contributed by atoms with Crippen molar-refractivity contribution >= 4 is 22.7 Å². The van der Waals surface area contributed by atoms with E-state index in [1.54, 1.807) is 17.8 Å². The Bertz CT molecular complexity index is 751. The van der Waals surface area contributed by atoms with Gasteiger partial charge in [0, 0.05) is 10.3 Å². The van der Waals surface area contributed by atoms with E-state index < -0.39 is 0 Å². The highest BCUT2D eigenvalue weighted by molar-refractivity contribution is 7.98. The van der Waals surface area contributed by atoms with Crippen molar-refractivity contribution in [2.45, 2.75) is 10.9 Å². The fourth-order valence-corrected chi connectivity index (χ4v) is 2.85. The van der Waals surface area contributed by atoms with E-state index in [1.165, 1.54) is 17.0 Å². The number of furan rings is 1. The summed E-state index contributed by atoms with van der Waals surface area (Å²) in [6.07, 6.45) is 2.05. The van der Waals surface area contributed by atoms with Gasteiger partial charge in [-0.2, -0.15) is 0 Å². The number of benzene rings is 2. The summed E-state index contributed by atoms with van der Waals surface area (Å²) in [5.41, 5.74) is 1.82. The Labute approximate surface area is 127 Å². The summed E-state index contributed by atoms with van der Waals surface area (Å²) in [4.78, 5) is 1.22. The molecule has 0 bridgehead atoms. The first kappa shape index (κ1) is 14.2. The lowest BCUT2D eigenvalue weighted by atomic mass is 10.0. The average molecular weight is 301 g/mol. The summed E-state index contributed by atoms with van der Waals surface area (Å²) in [5, 5.41) is 4.04. The van der Waals surface area contributed by atoms with Gasteiger partial charge in [0.05, 0.1) is 6.04 Å². The lowest BCUT2D eigenvalue weighted by molar-refractivity contribution is 0.491. The summed E-state index contributed by atoms with van der Waals surface area (Å²) in [6.45, 7) is 0. The van der Waals surface area contributed by atoms with E-state index in [-0.39, 0.29) is 11.9 Å². The van der Waals surface area contributed by atoms with Crippen LogP contribution in [0.3, 0.4) is 0 Å². The molecule has 108 valence electrons. The summed E-state index contributed by atoms with van der Waals surface area (Å²) in [7, 11) is 1.89. The molecule has 0 amide bonds. The van der Waals surface area contributed by atoms with Crippen molar-refractivity contribution in [2.75, 3.05) is 13.3 Å². The highest BCUT2D eigenvalue weighted by Crippen LogP contribution is 2.29. The van der Waals surface area contributed by atoms with Crippen LogP contribution in [0.2, 0.25) is 0 Å². The van der Waals surface area contributed by atoms with Crippen LogP contribution in [-0.2, 0) is 0 Å². The summed E-state index contributed by atoms with van der Waals surface area (Å²) < 4.78 is 19.1. The molecule has 0 saturated carbocycles. The molecule has 0 aliphatic heterocycles. The van der Waals surface area contributed by atoms with E-state index >= 15 is 0 Å². The predicted octanol–water partition coefficient (Wildman–Crippen LogP) is 4.60. The third kappa shape index (κ3) is 2.82. The molecule has 1 heterocycles. The molecule has 0 aliphatic rings. The largest absolute Gasteiger partial charge is 0.459 e. The van der Waals surface area contributed by atoms with Crippen LogP contribution < -0.4 is 5.32 Å². The van der Waals surface area contributed by atoms with Crippen molar-refractivity contribution in [3.63, 3.8) is 0 Å². The van der Waals surface area contributed by atoms with Gasteiger partial charge >= 0.3 is 0 Å². The Morgan fingerprint density at radius 1 is 1.10 bits per heavy atom. The quantitative estimate of drug-likeness (QED) is 0.713. The average Bonchev–Trinajstić information content (AvgIpc) is 2.91. The molecule has 0 aliphatic carbocycles. The van der Waals surface area contributed by atoms with Gasteiger partial charge in [0.1, 0.15) is 17.2 Å². The molecule has 3 aromatic rings. The van der Waals surface area contributed by atoms with Gasteiger partial charge in [-0.15, -0.1) is 11.8 Å². The van der Waals surface area contributed by atoms with Crippen LogP contribution >= 0.6 is 11.8 Å². The molecule has 0 saturated heterocycles. The third-order valence-corrected chi connectivity index (χ3v) is 4.26. The van der Waals surface area contributed by atoms with Crippen LogP contribution in [0, 0.1) is 5.82 Å². The molecule has 0 fully saturated rings. The zero-order valence-corrected chi connectivity index (χ0v) is 12.7. The molecular weight excluding hydrogens is 285 g/mol. The molecule has 1 unspecified atom stereocenters. The van der Waals surface area contributed by atoms with Gasteiger partial charge in [-0.05, 0) is 55.3 Å². The maximum absolute atomic E-state index is 13.3. The SMILES string of the molecule is CNC(c1ccc(SC)cc1)c1cc2cc(F)ccc2o1. The third-order valence-electron chi connectivity index (χ3n) is 3.52. The molecule has 2 nitrogen and oxygen atoms in total. The van der Waals surface area contributed by atoms with Crippen LogP contribution in [0.25, 0.3) is 11.0 Å². The fraction of sp³-hybridized carbons (Fsp3) is 0.176. The van der Waals surface area contributed by atoms with E-state index in [4.69, 9.17) is 4.42 Å². The summed E-state index contributed by atoms with van der Waals surface area (Å²) in [5.74, 6) is 0.537. The standard InChI is InChI=1S/C17H16FNOS/c1-19-17(11-3-6-14(21-2)7-4-11)16-10-12-9-13(18)5-8-15(12)20-16/h3-10,17,19H,1-2H3. The second-order valence-corrected chi connectivity index (χ2v) is 5.71. The topological polar surface area (TPSA) is 25.2 Å². The summed E-state index contributed by atoms with van der Waals surface area (Å²) in [6, 6.07) is 14.8. The van der Waals surface area contributed by atoms with Gasteiger partial charge in [0.25, 0.3) is 0 Å². The van der Waals surface area contributed by atoms with Crippen LogP contribution in [0.4, 0.5) is 4.39 Å². The number of fused-ring (bicyclic) bond motifs is 1. The van der Waals surface area contributed by atoms with Crippen LogP contribution in [0.5, 0.6) is 0 Å². The maximum Gasteiger partial charge on any atom is 0.134 e. The first-order valence-electron chi connectivity index (χ1n) is 6.71. The van der Waals surface area contributed by atoms with E-state index in [0.717, 1.165) is 16.7 Å². The second-order valence-electron chi connectivity index (χ2n) is 4.83. The minimum Gasteiger partial charge on any atom is -0.459 e. The van der Waals surface area contributed by atoms with Gasteiger partial charge < -0.3 is 9.73 Å². The first-order chi connectivity index (χ1) is 10.2. The van der Waals surface area contributed by atoms with Gasteiger partial charge in [-0.1, -0.05) is 12.1 Å². The van der Waals surface area contributed by atoms with Crippen molar-refractivity contribution in [1.82, 2.24) is 5.32 Å². The Kier molecular flexibility index (Phi) is 3.99. The number of thioether (sulfide) groups is 1. The van der Waals surface area contributed by atoms with E-state index in [0.29, 0.717) is 5.58 Å². The smallest absolute Gasteiger partial charge is 0.134 e. The lowest BCUT2D eigenvalue weighted by Crippen LogP contribution is -2.16. The van der Waals surface area contributed by atoms with Crippen molar-refractivity contribution in [3.8, 4) is 0 Å². The fourth-order valence-electron chi connectivity index (χ4n) is 2.45. The molecule has 2 aromatic carbocycles. The van der Waals surface area contributed by atoms with Crippen molar-refractivity contribution < 1.29 is 8.81 Å². The van der Waals surface area contributed by atoms with E-state index in [9.17, 15) is 4.39 Å². The Morgan fingerprint density at radius 2 is 1.86 bits per heavy atom. The number of halogens is 1. The molecule has 1 atom stereocenters. The summed E-state index contributed by atoms with van der Waals surface area (Å²) >= 11 is 1.71. The molecule has 21 heavy (non-hydrogen) atoms.